The van der Waals surface area contributed by atoms with E-state index in [1.807, 2.05) is 0 Å². The van der Waals surface area contributed by atoms with Gasteiger partial charge in [0.25, 0.3) is 0 Å². The van der Waals surface area contributed by atoms with E-state index in [0.29, 0.717) is 18.0 Å². The summed E-state index contributed by atoms with van der Waals surface area (Å²) in [5.41, 5.74) is 6.03. The number of hydrogen-bond acceptors (Lipinski definition) is 4. The van der Waals surface area contributed by atoms with Gasteiger partial charge in [-0.3, -0.25) is 4.68 Å². The molecule has 6 heteroatoms. The number of carbonyl (C=O) groups is 1. The Morgan fingerprint density at radius 2 is 2.40 bits per heavy atom. The number of carboxylic acid groups (broad SMARTS) is 1. The molecule has 0 aliphatic carbocycles. The Kier molecular flexibility index (Phi) is 2.17. The van der Waals surface area contributed by atoms with Crippen molar-refractivity contribution in [3.63, 3.8) is 0 Å². The van der Waals surface area contributed by atoms with Crippen LogP contribution in [0.25, 0.3) is 0 Å². The van der Waals surface area contributed by atoms with E-state index in [1.165, 1.54) is 12.3 Å². The van der Waals surface area contributed by atoms with Crippen molar-refractivity contribution in [2.24, 2.45) is 0 Å². The highest BCUT2D eigenvalue weighted by molar-refractivity contribution is 5.84. The second kappa shape index (κ2) is 3.49. The van der Waals surface area contributed by atoms with Crippen LogP contribution in [0.5, 0.6) is 0 Å². The van der Waals surface area contributed by atoms with Gasteiger partial charge in [-0.05, 0) is 12.1 Å². The van der Waals surface area contributed by atoms with Gasteiger partial charge in [0, 0.05) is 6.20 Å². The summed E-state index contributed by atoms with van der Waals surface area (Å²) in [6.45, 7) is 0.366. The van der Waals surface area contributed by atoms with Crippen LogP contribution in [0.2, 0.25) is 0 Å². The monoisotopic (exact) mass is 207 g/mol. The summed E-state index contributed by atoms with van der Waals surface area (Å²) in [4.78, 5) is 10.5. The Labute approximate surface area is 84.9 Å². The zero-order valence-corrected chi connectivity index (χ0v) is 7.75. The molecule has 0 aliphatic rings. The topological polar surface area (TPSA) is 94.3 Å². The van der Waals surface area contributed by atoms with Gasteiger partial charge in [0.05, 0.1) is 18.4 Å². The molecule has 0 aliphatic heterocycles. The summed E-state index contributed by atoms with van der Waals surface area (Å²) in [5, 5.41) is 12.6. The second-order valence-corrected chi connectivity index (χ2v) is 3.04. The molecule has 0 unspecified atom stereocenters. The molecule has 15 heavy (non-hydrogen) atoms. The van der Waals surface area contributed by atoms with Crippen molar-refractivity contribution in [2.45, 2.75) is 6.54 Å². The molecule has 0 bridgehead atoms. The summed E-state index contributed by atoms with van der Waals surface area (Å²) >= 11 is 0. The number of aromatic carboxylic acids is 1. The third-order valence-electron chi connectivity index (χ3n) is 1.84. The minimum Gasteiger partial charge on any atom is -0.475 e. The minimum absolute atomic E-state index is 0.0786. The molecule has 2 rings (SSSR count). The SMILES string of the molecule is Nc1cnn(Cc2ccc(C(=O)O)o2)c1. The lowest BCUT2D eigenvalue weighted by Crippen LogP contribution is -1.99. The standard InChI is InChI=1S/C9H9N3O3/c10-6-3-11-12(4-6)5-7-1-2-8(15-7)9(13)14/h1-4H,5,10H2,(H,13,14). The number of furan rings is 1. The van der Waals surface area contributed by atoms with E-state index in [1.54, 1.807) is 16.9 Å². The fourth-order valence-corrected chi connectivity index (χ4v) is 1.20. The van der Waals surface area contributed by atoms with Crippen molar-refractivity contribution in [1.29, 1.82) is 0 Å². The number of carboxylic acids is 1. The molecule has 3 N–H and O–H groups in total. The van der Waals surface area contributed by atoms with Gasteiger partial charge in [0.2, 0.25) is 5.76 Å². The van der Waals surface area contributed by atoms with Gasteiger partial charge in [-0.2, -0.15) is 5.10 Å². The lowest BCUT2D eigenvalue weighted by molar-refractivity contribution is 0.0660. The van der Waals surface area contributed by atoms with Crippen molar-refractivity contribution >= 4 is 11.7 Å². The highest BCUT2D eigenvalue weighted by Gasteiger charge is 2.09. The maximum atomic E-state index is 10.5. The Morgan fingerprint density at radius 3 is 2.93 bits per heavy atom. The normalized spacial score (nSPS) is 10.4. The lowest BCUT2D eigenvalue weighted by Gasteiger charge is -1.96. The first kappa shape index (κ1) is 9.32. The van der Waals surface area contributed by atoms with Crippen LogP contribution in [0.3, 0.4) is 0 Å². The van der Waals surface area contributed by atoms with Crippen LogP contribution in [0.15, 0.2) is 28.9 Å². The minimum atomic E-state index is -1.08. The van der Waals surface area contributed by atoms with Crippen LogP contribution in [-0.4, -0.2) is 20.9 Å². The number of nitrogens with zero attached hydrogens (tertiary/aromatic N) is 2. The summed E-state index contributed by atoms with van der Waals surface area (Å²) in [6.07, 6.45) is 3.16. The summed E-state index contributed by atoms with van der Waals surface area (Å²) in [6, 6.07) is 3.01. The van der Waals surface area contributed by atoms with Crippen molar-refractivity contribution in [3.8, 4) is 0 Å². The van der Waals surface area contributed by atoms with Gasteiger partial charge < -0.3 is 15.3 Å². The fourth-order valence-electron chi connectivity index (χ4n) is 1.20. The van der Waals surface area contributed by atoms with Gasteiger partial charge in [-0.15, -0.1) is 0 Å². The average Bonchev–Trinajstić information content (AvgIpc) is 2.76. The fraction of sp³-hybridized carbons (Fsp3) is 0.111. The molecule has 0 atom stereocenters. The lowest BCUT2D eigenvalue weighted by atomic mass is 10.4. The maximum Gasteiger partial charge on any atom is 0.371 e. The first-order chi connectivity index (χ1) is 7.15. The van der Waals surface area contributed by atoms with E-state index in [2.05, 4.69) is 5.10 Å². The van der Waals surface area contributed by atoms with Crippen molar-refractivity contribution in [3.05, 3.63) is 36.0 Å². The number of aromatic nitrogens is 2. The quantitative estimate of drug-likeness (QED) is 0.776. The molecule has 0 fully saturated rings. The predicted molar refractivity (Wildman–Crippen MR) is 51.4 cm³/mol. The third-order valence-corrected chi connectivity index (χ3v) is 1.84. The zero-order chi connectivity index (χ0) is 10.8. The summed E-state index contributed by atoms with van der Waals surface area (Å²) in [7, 11) is 0. The van der Waals surface area contributed by atoms with E-state index in [0.717, 1.165) is 0 Å². The molecule has 0 spiro atoms. The molecule has 6 nitrogen and oxygen atoms in total. The van der Waals surface area contributed by atoms with E-state index < -0.39 is 5.97 Å². The summed E-state index contributed by atoms with van der Waals surface area (Å²) < 4.78 is 6.63. The maximum absolute atomic E-state index is 10.5. The van der Waals surface area contributed by atoms with Crippen LogP contribution in [0.1, 0.15) is 16.3 Å². The largest absolute Gasteiger partial charge is 0.475 e. The average molecular weight is 207 g/mol. The van der Waals surface area contributed by atoms with Gasteiger partial charge in [-0.25, -0.2) is 4.79 Å². The molecular weight excluding hydrogens is 198 g/mol. The molecule has 0 amide bonds. The molecule has 78 valence electrons. The van der Waals surface area contributed by atoms with Crippen LogP contribution in [0, 0.1) is 0 Å². The molecular formula is C9H9N3O3. The van der Waals surface area contributed by atoms with E-state index >= 15 is 0 Å². The van der Waals surface area contributed by atoms with Crippen LogP contribution in [-0.2, 0) is 6.54 Å². The highest BCUT2D eigenvalue weighted by Crippen LogP contribution is 2.10. The van der Waals surface area contributed by atoms with Crippen LogP contribution >= 0.6 is 0 Å². The molecule has 0 saturated heterocycles. The predicted octanol–water partition coefficient (Wildman–Crippen LogP) is 0.805. The Morgan fingerprint density at radius 1 is 1.60 bits per heavy atom. The molecule has 0 radical (unpaired) electrons. The van der Waals surface area contributed by atoms with Gasteiger partial charge in [0.1, 0.15) is 5.76 Å². The Bertz CT molecular complexity index is 486. The Balaban J connectivity index is 2.14. The van der Waals surface area contributed by atoms with Gasteiger partial charge in [-0.1, -0.05) is 0 Å². The molecule has 2 aromatic heterocycles. The first-order valence-corrected chi connectivity index (χ1v) is 4.25. The molecule has 0 aromatic carbocycles. The number of anilines is 1. The summed E-state index contributed by atoms with van der Waals surface area (Å²) in [5.74, 6) is -0.637. The molecule has 2 heterocycles. The highest BCUT2D eigenvalue weighted by atomic mass is 16.4. The van der Waals surface area contributed by atoms with E-state index in [9.17, 15) is 4.79 Å². The van der Waals surface area contributed by atoms with Crippen LogP contribution < -0.4 is 5.73 Å². The first-order valence-electron chi connectivity index (χ1n) is 4.25. The van der Waals surface area contributed by atoms with Crippen molar-refractivity contribution < 1.29 is 14.3 Å². The van der Waals surface area contributed by atoms with Crippen molar-refractivity contribution in [1.82, 2.24) is 9.78 Å². The van der Waals surface area contributed by atoms with E-state index in [-0.39, 0.29) is 5.76 Å². The number of hydrogen-bond donors (Lipinski definition) is 2. The Hall–Kier alpha value is -2.24. The number of nitrogens with two attached hydrogens (primary N) is 1. The second-order valence-electron chi connectivity index (χ2n) is 3.04. The van der Waals surface area contributed by atoms with Gasteiger partial charge in [0.15, 0.2) is 0 Å². The smallest absolute Gasteiger partial charge is 0.371 e. The number of rotatable bonds is 3. The van der Waals surface area contributed by atoms with Crippen molar-refractivity contribution in [2.75, 3.05) is 5.73 Å². The van der Waals surface area contributed by atoms with Gasteiger partial charge >= 0.3 is 5.97 Å². The molecule has 0 saturated carbocycles. The molecule has 2 aromatic rings. The zero-order valence-electron chi connectivity index (χ0n) is 7.75. The third kappa shape index (κ3) is 1.98. The van der Waals surface area contributed by atoms with E-state index in [4.69, 9.17) is 15.3 Å². The van der Waals surface area contributed by atoms with Crippen LogP contribution in [0.4, 0.5) is 5.69 Å². The number of nitrogen functional groups attached to an aromatic ring is 1.